The average Bonchev–Trinajstić information content (AvgIpc) is 2.11. The highest BCUT2D eigenvalue weighted by Crippen LogP contribution is 2.36. The first kappa shape index (κ1) is 12.0. The minimum Gasteiger partial charge on any atom is -0.390 e. The Balaban J connectivity index is 2.34. The lowest BCUT2D eigenvalue weighted by Crippen LogP contribution is -2.35. The van der Waals surface area contributed by atoms with Gasteiger partial charge in [0.25, 0.3) is 0 Å². The molecule has 14 heavy (non-hydrogen) atoms. The van der Waals surface area contributed by atoms with E-state index in [2.05, 4.69) is 20.8 Å². The topological polar surface area (TPSA) is 20.2 Å². The van der Waals surface area contributed by atoms with Gasteiger partial charge in [-0.1, -0.05) is 33.6 Å². The highest BCUT2D eigenvalue weighted by molar-refractivity contribution is 4.85. The smallest absolute Gasteiger partial charge is 0.0650 e. The van der Waals surface area contributed by atoms with E-state index in [4.69, 9.17) is 0 Å². The zero-order chi connectivity index (χ0) is 10.6. The van der Waals surface area contributed by atoms with E-state index >= 15 is 0 Å². The number of rotatable bonds is 4. The maximum absolute atomic E-state index is 10.4. The molecule has 0 radical (unpaired) electrons. The molecule has 84 valence electrons. The average molecular weight is 198 g/mol. The van der Waals surface area contributed by atoms with Gasteiger partial charge in [0.05, 0.1) is 5.60 Å². The Morgan fingerprint density at radius 3 is 2.43 bits per heavy atom. The Labute approximate surface area is 88.9 Å². The molecule has 0 aromatic heterocycles. The van der Waals surface area contributed by atoms with Crippen molar-refractivity contribution in [2.45, 2.75) is 71.3 Å². The van der Waals surface area contributed by atoms with Crippen molar-refractivity contribution in [1.82, 2.24) is 0 Å². The Morgan fingerprint density at radius 2 is 1.93 bits per heavy atom. The molecule has 1 aliphatic carbocycles. The summed E-state index contributed by atoms with van der Waals surface area (Å²) in [4.78, 5) is 0. The van der Waals surface area contributed by atoms with Crippen molar-refractivity contribution >= 4 is 0 Å². The molecule has 0 aromatic rings. The molecule has 1 fully saturated rings. The van der Waals surface area contributed by atoms with Crippen LogP contribution in [0.2, 0.25) is 0 Å². The fraction of sp³-hybridized carbons (Fsp3) is 1.00. The normalized spacial score (nSPS) is 35.6. The summed E-state index contributed by atoms with van der Waals surface area (Å²) in [5.74, 6) is 1.52. The standard InChI is InChI=1S/C13H26O/c1-4-5-12(3)10-13(14)8-6-11(2)7-9-13/h11-12,14H,4-10H2,1-3H3. The Morgan fingerprint density at radius 1 is 1.36 bits per heavy atom. The van der Waals surface area contributed by atoms with Crippen LogP contribution in [0.1, 0.15) is 65.7 Å². The van der Waals surface area contributed by atoms with Crippen LogP contribution in [0, 0.1) is 11.8 Å². The summed E-state index contributed by atoms with van der Waals surface area (Å²) >= 11 is 0. The summed E-state index contributed by atoms with van der Waals surface area (Å²) in [7, 11) is 0. The minimum absolute atomic E-state index is 0.318. The molecule has 1 heteroatoms. The third kappa shape index (κ3) is 3.61. The van der Waals surface area contributed by atoms with E-state index in [9.17, 15) is 5.11 Å². The third-order valence-electron chi connectivity index (χ3n) is 3.71. The molecule has 1 unspecified atom stereocenters. The highest BCUT2D eigenvalue weighted by atomic mass is 16.3. The van der Waals surface area contributed by atoms with Crippen LogP contribution < -0.4 is 0 Å². The Kier molecular flexibility index (Phi) is 4.43. The van der Waals surface area contributed by atoms with Crippen LogP contribution in [0.3, 0.4) is 0 Å². The summed E-state index contributed by atoms with van der Waals surface area (Å²) in [6.07, 6.45) is 8.02. The quantitative estimate of drug-likeness (QED) is 0.729. The second kappa shape index (κ2) is 5.16. The van der Waals surface area contributed by atoms with Gasteiger partial charge in [0.2, 0.25) is 0 Å². The van der Waals surface area contributed by atoms with Gasteiger partial charge >= 0.3 is 0 Å². The predicted molar refractivity (Wildman–Crippen MR) is 61.3 cm³/mol. The largest absolute Gasteiger partial charge is 0.390 e. The molecule has 0 spiro atoms. The molecule has 0 aliphatic heterocycles. The first-order valence-electron chi connectivity index (χ1n) is 6.28. The first-order chi connectivity index (χ1) is 6.56. The first-order valence-corrected chi connectivity index (χ1v) is 6.28. The van der Waals surface area contributed by atoms with Crippen molar-refractivity contribution in [3.63, 3.8) is 0 Å². The maximum Gasteiger partial charge on any atom is 0.0650 e. The van der Waals surface area contributed by atoms with Crippen LogP contribution in [0.5, 0.6) is 0 Å². The van der Waals surface area contributed by atoms with Crippen LogP contribution in [0.15, 0.2) is 0 Å². The van der Waals surface area contributed by atoms with Crippen LogP contribution in [-0.2, 0) is 0 Å². The maximum atomic E-state index is 10.4. The molecule has 0 bridgehead atoms. The Hall–Kier alpha value is -0.0400. The lowest BCUT2D eigenvalue weighted by Gasteiger charge is -2.36. The Bertz CT molecular complexity index is 157. The van der Waals surface area contributed by atoms with Gasteiger partial charge in [-0.15, -0.1) is 0 Å². The van der Waals surface area contributed by atoms with Gasteiger partial charge in [-0.2, -0.15) is 0 Å². The number of aliphatic hydroxyl groups is 1. The molecular weight excluding hydrogens is 172 g/mol. The van der Waals surface area contributed by atoms with E-state index in [1.54, 1.807) is 0 Å². The van der Waals surface area contributed by atoms with Crippen molar-refractivity contribution in [3.8, 4) is 0 Å². The van der Waals surface area contributed by atoms with Gasteiger partial charge in [0.1, 0.15) is 0 Å². The van der Waals surface area contributed by atoms with Crippen molar-refractivity contribution < 1.29 is 5.11 Å². The van der Waals surface area contributed by atoms with Crippen LogP contribution in [0.25, 0.3) is 0 Å². The lowest BCUT2D eigenvalue weighted by atomic mass is 9.75. The zero-order valence-electron chi connectivity index (χ0n) is 10.1. The molecule has 0 heterocycles. The van der Waals surface area contributed by atoms with Gasteiger partial charge in [0, 0.05) is 0 Å². The SMILES string of the molecule is CCCC(C)CC1(O)CCC(C)CC1. The molecule has 1 saturated carbocycles. The van der Waals surface area contributed by atoms with Crippen molar-refractivity contribution in [2.75, 3.05) is 0 Å². The summed E-state index contributed by atoms with van der Waals surface area (Å²) in [5.41, 5.74) is -0.318. The van der Waals surface area contributed by atoms with Crippen molar-refractivity contribution in [2.24, 2.45) is 11.8 Å². The van der Waals surface area contributed by atoms with E-state index < -0.39 is 0 Å². The van der Waals surface area contributed by atoms with Gasteiger partial charge < -0.3 is 5.11 Å². The molecule has 1 atom stereocenters. The van der Waals surface area contributed by atoms with E-state index in [0.29, 0.717) is 5.92 Å². The van der Waals surface area contributed by atoms with Crippen LogP contribution >= 0.6 is 0 Å². The molecule has 0 saturated heterocycles. The van der Waals surface area contributed by atoms with Crippen LogP contribution in [0.4, 0.5) is 0 Å². The molecule has 1 aliphatic rings. The number of hydrogen-bond donors (Lipinski definition) is 1. The van der Waals surface area contributed by atoms with Crippen molar-refractivity contribution in [3.05, 3.63) is 0 Å². The van der Waals surface area contributed by atoms with Gasteiger partial charge in [-0.3, -0.25) is 0 Å². The second-order valence-corrected chi connectivity index (χ2v) is 5.50. The molecule has 0 aromatic carbocycles. The molecule has 1 rings (SSSR count). The number of hydrogen-bond acceptors (Lipinski definition) is 1. The predicted octanol–water partition coefficient (Wildman–Crippen LogP) is 3.75. The summed E-state index contributed by atoms with van der Waals surface area (Å²) in [5, 5.41) is 10.4. The van der Waals surface area contributed by atoms with E-state index in [0.717, 1.165) is 25.2 Å². The van der Waals surface area contributed by atoms with E-state index in [-0.39, 0.29) is 5.60 Å². The molecule has 1 nitrogen and oxygen atoms in total. The summed E-state index contributed by atoms with van der Waals surface area (Å²) < 4.78 is 0. The second-order valence-electron chi connectivity index (χ2n) is 5.50. The monoisotopic (exact) mass is 198 g/mol. The van der Waals surface area contributed by atoms with Gasteiger partial charge in [0.15, 0.2) is 0 Å². The summed E-state index contributed by atoms with van der Waals surface area (Å²) in [6.45, 7) is 6.80. The minimum atomic E-state index is -0.318. The molecular formula is C13H26O. The zero-order valence-corrected chi connectivity index (χ0v) is 10.1. The van der Waals surface area contributed by atoms with Crippen LogP contribution in [-0.4, -0.2) is 10.7 Å². The van der Waals surface area contributed by atoms with E-state index in [1.807, 2.05) is 0 Å². The van der Waals surface area contributed by atoms with Crippen molar-refractivity contribution in [1.29, 1.82) is 0 Å². The van der Waals surface area contributed by atoms with Gasteiger partial charge in [-0.05, 0) is 43.9 Å². The molecule has 1 N–H and O–H groups in total. The molecule has 0 amide bonds. The highest BCUT2D eigenvalue weighted by Gasteiger charge is 2.32. The third-order valence-corrected chi connectivity index (χ3v) is 3.71. The van der Waals surface area contributed by atoms with E-state index in [1.165, 1.54) is 25.7 Å². The van der Waals surface area contributed by atoms with Gasteiger partial charge in [-0.25, -0.2) is 0 Å². The fourth-order valence-electron chi connectivity index (χ4n) is 2.75. The summed E-state index contributed by atoms with van der Waals surface area (Å²) in [6, 6.07) is 0. The lowest BCUT2D eigenvalue weighted by molar-refractivity contribution is -0.0265. The fourth-order valence-corrected chi connectivity index (χ4v) is 2.75.